The lowest BCUT2D eigenvalue weighted by molar-refractivity contribution is 0.0783. The molecule has 0 saturated carbocycles. The van der Waals surface area contributed by atoms with Gasteiger partial charge in [-0.2, -0.15) is 0 Å². The molecule has 0 aliphatic rings. The average Bonchev–Trinajstić information content (AvgIpc) is 3.48. The Hall–Kier alpha value is -3.33. The summed E-state index contributed by atoms with van der Waals surface area (Å²) in [7, 11) is 0. The van der Waals surface area contributed by atoms with Gasteiger partial charge in [0.1, 0.15) is 18.0 Å². The van der Waals surface area contributed by atoms with Crippen molar-refractivity contribution < 1.29 is 14.3 Å². The van der Waals surface area contributed by atoms with E-state index in [9.17, 15) is 4.79 Å². The molecule has 0 bridgehead atoms. The molecule has 0 amide bonds. The molecule has 9 heteroatoms. The van der Waals surface area contributed by atoms with E-state index in [1.54, 1.807) is 17.9 Å². The molecule has 0 aliphatic heterocycles. The van der Waals surface area contributed by atoms with E-state index in [1.807, 2.05) is 48.3 Å². The highest BCUT2D eigenvalue weighted by molar-refractivity contribution is 5.96. The lowest BCUT2D eigenvalue weighted by Crippen LogP contribution is -2.09. The molecule has 0 fully saturated rings. The fourth-order valence-corrected chi connectivity index (χ4v) is 3.01. The Morgan fingerprint density at radius 3 is 2.42 bits per heavy atom. The predicted molar refractivity (Wildman–Crippen MR) is 128 cm³/mol. The van der Waals surface area contributed by atoms with Crippen molar-refractivity contribution in [3.05, 3.63) is 48.5 Å². The number of ether oxygens (including phenoxy) is 2. The van der Waals surface area contributed by atoms with E-state index in [1.165, 1.54) is 0 Å². The number of nitrogens with zero attached hydrogens (tertiary/aromatic N) is 6. The molecule has 9 nitrogen and oxygen atoms in total. The lowest BCUT2D eigenvalue weighted by Gasteiger charge is -2.07. The molecule has 0 N–H and O–H groups in total. The van der Waals surface area contributed by atoms with Crippen LogP contribution in [-0.2, 0) is 16.0 Å². The number of hydrogen-bond donors (Lipinski definition) is 0. The third-order valence-electron chi connectivity index (χ3n) is 5.06. The van der Waals surface area contributed by atoms with Crippen LogP contribution in [0.5, 0.6) is 0 Å². The zero-order chi connectivity index (χ0) is 22.9. The Balaban J connectivity index is 0.00000385. The largest absolute Gasteiger partial charge is 0.499 e. The van der Waals surface area contributed by atoms with Gasteiger partial charge in [-0.15, -0.1) is 10.2 Å². The first kappa shape index (κ1) is 25.9. The van der Waals surface area contributed by atoms with Crippen molar-refractivity contribution in [3.8, 4) is 22.5 Å². The highest BCUT2D eigenvalue weighted by atomic mass is 16.5. The normalized spacial score (nSPS) is 12.0. The number of ketones is 1. The molecule has 2 heterocycles. The number of rotatable bonds is 12. The summed E-state index contributed by atoms with van der Waals surface area (Å²) in [6.45, 7) is 9.72. The minimum atomic E-state index is -0.0247. The molecular weight excluding hydrogens is 420 g/mol. The first-order chi connectivity index (χ1) is 15.5. The second-order valence-corrected chi connectivity index (χ2v) is 7.52. The second kappa shape index (κ2) is 12.6. The summed E-state index contributed by atoms with van der Waals surface area (Å²) in [4.78, 5) is 12.1. The SMILES string of the molecule is C.C/C=C/OCCOCCn1cc(-c2cc(C(C)=O)cc(-c3cn(C(C)CC)nn3)c2)nn1. The lowest BCUT2D eigenvalue weighted by atomic mass is 10.0. The Kier molecular flexibility index (Phi) is 9.93. The monoisotopic (exact) mass is 454 g/mol. The highest BCUT2D eigenvalue weighted by Gasteiger charge is 2.14. The number of hydrogen-bond acceptors (Lipinski definition) is 7. The molecule has 0 saturated heterocycles. The van der Waals surface area contributed by atoms with E-state index in [0.717, 1.165) is 23.2 Å². The van der Waals surface area contributed by atoms with Crippen LogP contribution in [0.3, 0.4) is 0 Å². The van der Waals surface area contributed by atoms with Gasteiger partial charge < -0.3 is 9.47 Å². The molecule has 3 aromatic rings. The van der Waals surface area contributed by atoms with Crippen LogP contribution in [0.25, 0.3) is 22.5 Å². The third-order valence-corrected chi connectivity index (χ3v) is 5.06. The Labute approximate surface area is 195 Å². The van der Waals surface area contributed by atoms with Gasteiger partial charge in [-0.05, 0) is 45.4 Å². The van der Waals surface area contributed by atoms with E-state index in [0.29, 0.717) is 37.6 Å². The number of Topliss-reactive ketones (excluding diaryl/α,β-unsaturated/α-hetero) is 1. The van der Waals surface area contributed by atoms with Crippen LogP contribution in [0.4, 0.5) is 0 Å². The van der Waals surface area contributed by atoms with Gasteiger partial charge in [0.2, 0.25) is 0 Å². The molecule has 178 valence electrons. The van der Waals surface area contributed by atoms with Crippen LogP contribution >= 0.6 is 0 Å². The number of carbonyl (C=O) groups excluding carboxylic acids is 1. The first-order valence-electron chi connectivity index (χ1n) is 10.8. The predicted octanol–water partition coefficient (Wildman–Crippen LogP) is 4.58. The minimum absolute atomic E-state index is 0. The van der Waals surface area contributed by atoms with Crippen molar-refractivity contribution in [1.82, 2.24) is 30.0 Å². The summed E-state index contributed by atoms with van der Waals surface area (Å²) >= 11 is 0. The number of benzene rings is 1. The maximum absolute atomic E-state index is 12.1. The highest BCUT2D eigenvalue weighted by Crippen LogP contribution is 2.27. The molecule has 1 unspecified atom stereocenters. The van der Waals surface area contributed by atoms with Crippen molar-refractivity contribution >= 4 is 5.78 Å². The molecule has 1 aromatic carbocycles. The molecule has 3 rings (SSSR count). The molecular formula is C24H34N6O3. The van der Waals surface area contributed by atoms with Crippen molar-refractivity contribution in [2.24, 2.45) is 0 Å². The van der Waals surface area contributed by atoms with E-state index in [4.69, 9.17) is 9.47 Å². The van der Waals surface area contributed by atoms with Gasteiger partial charge in [0, 0.05) is 16.7 Å². The molecule has 33 heavy (non-hydrogen) atoms. The van der Waals surface area contributed by atoms with E-state index in [-0.39, 0.29) is 19.3 Å². The van der Waals surface area contributed by atoms with Crippen molar-refractivity contribution in [3.63, 3.8) is 0 Å². The van der Waals surface area contributed by atoms with Crippen molar-refractivity contribution in [1.29, 1.82) is 0 Å². The van der Waals surface area contributed by atoms with Crippen molar-refractivity contribution in [2.75, 3.05) is 19.8 Å². The number of carbonyl (C=O) groups is 1. The van der Waals surface area contributed by atoms with Crippen LogP contribution in [-0.4, -0.2) is 55.6 Å². The van der Waals surface area contributed by atoms with Crippen LogP contribution in [0, 0.1) is 0 Å². The van der Waals surface area contributed by atoms with E-state index in [2.05, 4.69) is 34.5 Å². The van der Waals surface area contributed by atoms with Gasteiger partial charge >= 0.3 is 0 Å². The molecule has 1 atom stereocenters. The molecule has 0 radical (unpaired) electrons. The summed E-state index contributed by atoms with van der Waals surface area (Å²) in [5.41, 5.74) is 3.62. The quantitative estimate of drug-likeness (QED) is 0.224. The van der Waals surface area contributed by atoms with E-state index >= 15 is 0 Å². The van der Waals surface area contributed by atoms with Gasteiger partial charge in [-0.3, -0.25) is 4.79 Å². The first-order valence-corrected chi connectivity index (χ1v) is 10.8. The van der Waals surface area contributed by atoms with Crippen LogP contribution in [0.1, 0.15) is 57.9 Å². The number of aromatic nitrogens is 6. The van der Waals surface area contributed by atoms with E-state index < -0.39 is 0 Å². The summed E-state index contributed by atoms with van der Waals surface area (Å²) in [5, 5.41) is 17.0. The standard InChI is InChI=1S/C23H30N6O3.CH4/c1-5-8-31-10-11-32-9-7-28-15-22(24-26-28)20-12-19(18(4)30)13-21(14-20)23-16-29(27-25-23)17(3)6-2;/h5,8,12-17H,6-7,9-11H2,1-4H3;1H4/b8-5+;. The Morgan fingerprint density at radius 2 is 1.76 bits per heavy atom. The fourth-order valence-electron chi connectivity index (χ4n) is 3.01. The summed E-state index contributed by atoms with van der Waals surface area (Å²) in [6, 6.07) is 5.88. The average molecular weight is 455 g/mol. The Bertz CT molecular complexity index is 1060. The fraction of sp³-hybridized carbons (Fsp3) is 0.458. The smallest absolute Gasteiger partial charge is 0.159 e. The maximum Gasteiger partial charge on any atom is 0.159 e. The van der Waals surface area contributed by atoms with Gasteiger partial charge in [-0.25, -0.2) is 9.36 Å². The molecule has 2 aromatic heterocycles. The minimum Gasteiger partial charge on any atom is -0.499 e. The third kappa shape index (κ3) is 7.08. The summed E-state index contributed by atoms with van der Waals surface area (Å²) in [6.07, 6.45) is 8.18. The maximum atomic E-state index is 12.1. The van der Waals surface area contributed by atoms with Gasteiger partial charge in [0.15, 0.2) is 5.78 Å². The number of allylic oxidation sites excluding steroid dienone is 1. The zero-order valence-corrected chi connectivity index (χ0v) is 19.1. The topological polar surface area (TPSA) is 97.0 Å². The van der Waals surface area contributed by atoms with Crippen LogP contribution < -0.4 is 0 Å². The van der Waals surface area contributed by atoms with Crippen molar-refractivity contribution in [2.45, 2.75) is 54.1 Å². The second-order valence-electron chi connectivity index (χ2n) is 7.52. The summed E-state index contributed by atoms with van der Waals surface area (Å²) in [5.74, 6) is -0.0247. The Morgan fingerprint density at radius 1 is 1.06 bits per heavy atom. The van der Waals surface area contributed by atoms with Gasteiger partial charge in [0.25, 0.3) is 0 Å². The zero-order valence-electron chi connectivity index (χ0n) is 19.1. The van der Waals surface area contributed by atoms with Gasteiger partial charge in [0.05, 0.1) is 44.5 Å². The molecule has 0 spiro atoms. The van der Waals surface area contributed by atoms with Gasteiger partial charge in [-0.1, -0.05) is 30.9 Å². The summed E-state index contributed by atoms with van der Waals surface area (Å²) < 4.78 is 14.3. The molecule has 0 aliphatic carbocycles. The van der Waals surface area contributed by atoms with Crippen LogP contribution in [0.2, 0.25) is 0 Å². The van der Waals surface area contributed by atoms with Crippen LogP contribution in [0.15, 0.2) is 42.9 Å².